The number of hydrogen-bond donors (Lipinski definition) is 2. The number of aromatic nitrogens is 1. The van der Waals surface area contributed by atoms with Gasteiger partial charge in [0.05, 0.1) is 11.7 Å². The van der Waals surface area contributed by atoms with E-state index in [2.05, 4.69) is 70.9 Å². The van der Waals surface area contributed by atoms with Crippen LogP contribution in [0.1, 0.15) is 52.4 Å². The van der Waals surface area contributed by atoms with Crippen LogP contribution in [0.5, 0.6) is 0 Å². The number of nitrogens with two attached hydrogens (primary N) is 1. The van der Waals surface area contributed by atoms with Gasteiger partial charge in [0.1, 0.15) is 0 Å². The number of nitrogens with zero attached hydrogens (tertiary/aromatic N) is 2. The summed E-state index contributed by atoms with van der Waals surface area (Å²) in [4.78, 5) is 7.50. The van der Waals surface area contributed by atoms with Gasteiger partial charge in [-0.1, -0.05) is 54.6 Å². The van der Waals surface area contributed by atoms with Crippen LogP contribution in [-0.2, 0) is 32.5 Å². The second-order valence-electron chi connectivity index (χ2n) is 8.96. The molecule has 1 aromatic heterocycles. The fourth-order valence-corrected chi connectivity index (χ4v) is 5.27. The Morgan fingerprint density at radius 2 is 1.81 bits per heavy atom. The minimum absolute atomic E-state index is 0.366. The van der Waals surface area contributed by atoms with Crippen LogP contribution in [-0.4, -0.2) is 22.5 Å². The molecule has 31 heavy (non-hydrogen) atoms. The van der Waals surface area contributed by atoms with Crippen LogP contribution in [0.4, 0.5) is 0 Å². The number of aryl methyl sites for hydroxylation is 1. The second-order valence-corrected chi connectivity index (χ2v) is 8.96. The maximum Gasteiger partial charge on any atom is 0.0607 e. The van der Waals surface area contributed by atoms with Crippen molar-refractivity contribution < 1.29 is 0 Å². The van der Waals surface area contributed by atoms with Crippen molar-refractivity contribution >= 4 is 0 Å². The normalized spacial score (nSPS) is 20.3. The first-order valence-electron chi connectivity index (χ1n) is 11.6. The molecule has 4 nitrogen and oxygen atoms in total. The van der Waals surface area contributed by atoms with E-state index in [9.17, 15) is 0 Å². The Morgan fingerprint density at radius 1 is 0.968 bits per heavy atom. The molecule has 1 aliphatic heterocycles. The van der Waals surface area contributed by atoms with Gasteiger partial charge in [-0.3, -0.25) is 9.88 Å². The molecule has 3 N–H and O–H groups in total. The highest BCUT2D eigenvalue weighted by molar-refractivity contribution is 5.31. The van der Waals surface area contributed by atoms with E-state index in [0.29, 0.717) is 18.6 Å². The first-order valence-corrected chi connectivity index (χ1v) is 11.6. The summed E-state index contributed by atoms with van der Waals surface area (Å²) in [6.07, 6.45) is 6.58. The highest BCUT2D eigenvalue weighted by Crippen LogP contribution is 2.34. The van der Waals surface area contributed by atoms with Gasteiger partial charge >= 0.3 is 0 Å². The smallest absolute Gasteiger partial charge is 0.0607 e. The summed E-state index contributed by atoms with van der Waals surface area (Å²) in [7, 11) is 0. The predicted molar refractivity (Wildman–Crippen MR) is 125 cm³/mol. The number of benzene rings is 2. The van der Waals surface area contributed by atoms with Gasteiger partial charge in [0.25, 0.3) is 0 Å². The summed E-state index contributed by atoms with van der Waals surface area (Å²) in [6, 6.07) is 22.7. The zero-order valence-corrected chi connectivity index (χ0v) is 18.1. The van der Waals surface area contributed by atoms with Crippen molar-refractivity contribution in [1.82, 2.24) is 15.2 Å². The largest absolute Gasteiger partial charge is 0.326 e. The lowest BCUT2D eigenvalue weighted by Crippen LogP contribution is -2.46. The Balaban J connectivity index is 1.42. The van der Waals surface area contributed by atoms with Crippen molar-refractivity contribution in [3.05, 3.63) is 100 Å². The Hall–Kier alpha value is -2.53. The van der Waals surface area contributed by atoms with Crippen molar-refractivity contribution in [3.63, 3.8) is 0 Å². The molecule has 5 rings (SSSR count). The molecular formula is C27H32N4. The zero-order chi connectivity index (χ0) is 21.0. The van der Waals surface area contributed by atoms with Gasteiger partial charge in [0.2, 0.25) is 0 Å². The molecule has 0 bridgehead atoms. The van der Waals surface area contributed by atoms with Gasteiger partial charge in [-0.05, 0) is 59.6 Å². The minimum Gasteiger partial charge on any atom is -0.326 e. The molecule has 0 saturated carbocycles. The molecule has 0 fully saturated rings. The van der Waals surface area contributed by atoms with Gasteiger partial charge in [-0.15, -0.1) is 0 Å². The van der Waals surface area contributed by atoms with Crippen LogP contribution in [0.25, 0.3) is 0 Å². The average molecular weight is 413 g/mol. The summed E-state index contributed by atoms with van der Waals surface area (Å²) >= 11 is 0. The fraction of sp³-hybridized carbons (Fsp3) is 0.370. The first-order chi connectivity index (χ1) is 15.3. The summed E-state index contributed by atoms with van der Waals surface area (Å²) in [5.41, 5.74) is 14.1. The Kier molecular flexibility index (Phi) is 6.12. The molecule has 2 aromatic carbocycles. The molecule has 0 saturated heterocycles. The topological polar surface area (TPSA) is 54.2 Å². The van der Waals surface area contributed by atoms with Crippen LogP contribution in [0, 0.1) is 0 Å². The van der Waals surface area contributed by atoms with Gasteiger partial charge < -0.3 is 11.1 Å². The number of hydrogen-bond acceptors (Lipinski definition) is 4. The molecule has 0 spiro atoms. The Morgan fingerprint density at radius 3 is 2.71 bits per heavy atom. The van der Waals surface area contributed by atoms with Crippen molar-refractivity contribution in [2.24, 2.45) is 5.73 Å². The molecule has 2 atom stereocenters. The molecule has 4 heteroatoms. The molecule has 2 heterocycles. The van der Waals surface area contributed by atoms with E-state index in [4.69, 9.17) is 10.7 Å². The van der Waals surface area contributed by atoms with E-state index >= 15 is 0 Å². The third-order valence-corrected chi connectivity index (χ3v) is 6.84. The number of nitrogens with one attached hydrogen (secondary N) is 1. The molecule has 2 aliphatic rings. The van der Waals surface area contributed by atoms with E-state index < -0.39 is 0 Å². The third kappa shape index (κ3) is 4.57. The lowest BCUT2D eigenvalue weighted by atomic mass is 9.89. The average Bonchev–Trinajstić information content (AvgIpc) is 2.83. The monoisotopic (exact) mass is 412 g/mol. The van der Waals surface area contributed by atoms with Crippen molar-refractivity contribution in [2.45, 2.75) is 57.4 Å². The quantitative estimate of drug-likeness (QED) is 0.639. The standard InChI is InChI=1S/C27H32N4/c28-16-20-6-3-7-21(14-20)18-31(26-12-4-10-22-11-5-13-29-27(22)26)19-25-15-23-8-1-2-9-24(23)17-30-25/h1-3,5-9,11,13-14,25-26,30H,4,10,12,15-19,28H2/t25-,26+/m1/s1. The Bertz CT molecular complexity index is 1030. The molecule has 1 aliphatic carbocycles. The molecule has 3 aromatic rings. The molecule has 0 amide bonds. The van der Waals surface area contributed by atoms with Gasteiger partial charge in [0.15, 0.2) is 0 Å². The summed E-state index contributed by atoms with van der Waals surface area (Å²) in [6.45, 7) is 3.48. The predicted octanol–water partition coefficient (Wildman–Crippen LogP) is 4.13. The van der Waals surface area contributed by atoms with Crippen LogP contribution in [0.15, 0.2) is 66.9 Å². The first kappa shape index (κ1) is 20.4. The summed E-state index contributed by atoms with van der Waals surface area (Å²) in [5, 5.41) is 3.80. The van der Waals surface area contributed by atoms with Gasteiger partial charge in [0, 0.05) is 38.4 Å². The van der Waals surface area contributed by atoms with Crippen molar-refractivity contribution in [1.29, 1.82) is 0 Å². The van der Waals surface area contributed by atoms with E-state index in [0.717, 1.165) is 32.5 Å². The van der Waals surface area contributed by atoms with Gasteiger partial charge in [-0.25, -0.2) is 0 Å². The third-order valence-electron chi connectivity index (χ3n) is 6.84. The Labute approximate surface area is 185 Å². The van der Waals surface area contributed by atoms with Crippen LogP contribution in [0.3, 0.4) is 0 Å². The van der Waals surface area contributed by atoms with E-state index in [1.807, 2.05) is 6.20 Å². The molecular weight excluding hydrogens is 380 g/mol. The van der Waals surface area contributed by atoms with Crippen LogP contribution < -0.4 is 11.1 Å². The van der Waals surface area contributed by atoms with Gasteiger partial charge in [-0.2, -0.15) is 0 Å². The SMILES string of the molecule is NCc1cccc(CN(C[C@H]2Cc3ccccc3CN2)[C@H]2CCCc3cccnc32)c1. The van der Waals surface area contributed by atoms with E-state index in [1.165, 1.54) is 46.4 Å². The van der Waals surface area contributed by atoms with Crippen molar-refractivity contribution in [3.8, 4) is 0 Å². The summed E-state index contributed by atoms with van der Waals surface area (Å²) in [5.74, 6) is 0. The van der Waals surface area contributed by atoms with Crippen LogP contribution >= 0.6 is 0 Å². The number of rotatable bonds is 6. The highest BCUT2D eigenvalue weighted by atomic mass is 15.2. The number of fused-ring (bicyclic) bond motifs is 2. The summed E-state index contributed by atoms with van der Waals surface area (Å²) < 4.78 is 0. The maximum absolute atomic E-state index is 5.92. The van der Waals surface area contributed by atoms with Crippen LogP contribution in [0.2, 0.25) is 0 Å². The number of pyridine rings is 1. The fourth-order valence-electron chi connectivity index (χ4n) is 5.27. The maximum atomic E-state index is 5.92. The van der Waals surface area contributed by atoms with E-state index in [-0.39, 0.29) is 0 Å². The molecule has 160 valence electrons. The highest BCUT2D eigenvalue weighted by Gasteiger charge is 2.30. The zero-order valence-electron chi connectivity index (χ0n) is 18.1. The second kappa shape index (κ2) is 9.31. The lowest BCUT2D eigenvalue weighted by molar-refractivity contribution is 0.145. The minimum atomic E-state index is 0.366. The molecule has 0 radical (unpaired) electrons. The molecule has 0 unspecified atom stereocenters. The van der Waals surface area contributed by atoms with E-state index in [1.54, 1.807) is 0 Å². The van der Waals surface area contributed by atoms with Crippen molar-refractivity contribution in [2.75, 3.05) is 6.54 Å². The lowest BCUT2D eigenvalue weighted by Gasteiger charge is -2.38.